The lowest BCUT2D eigenvalue weighted by Crippen LogP contribution is -2.35. The van der Waals surface area contributed by atoms with Gasteiger partial charge in [0.2, 0.25) is 12.7 Å². The van der Waals surface area contributed by atoms with Crippen LogP contribution in [-0.4, -0.2) is 36.2 Å². The van der Waals surface area contributed by atoms with Crippen LogP contribution in [0.25, 0.3) is 0 Å². The third-order valence-electron chi connectivity index (χ3n) is 5.21. The minimum Gasteiger partial charge on any atom is -0.454 e. The first-order valence-electron chi connectivity index (χ1n) is 9.48. The molecule has 29 heavy (non-hydrogen) atoms. The highest BCUT2D eigenvalue weighted by atomic mass is 16.7. The first-order valence-corrected chi connectivity index (χ1v) is 9.48. The Labute approximate surface area is 167 Å². The summed E-state index contributed by atoms with van der Waals surface area (Å²) in [6.45, 7) is 1.15. The molecular formula is C22H20N2O5. The second-order valence-corrected chi connectivity index (χ2v) is 6.99. The molecule has 0 bridgehead atoms. The van der Waals surface area contributed by atoms with Gasteiger partial charge in [-0.2, -0.15) is 0 Å². The Morgan fingerprint density at radius 2 is 1.97 bits per heavy atom. The van der Waals surface area contributed by atoms with Gasteiger partial charge in [-0.3, -0.25) is 4.79 Å². The highest BCUT2D eigenvalue weighted by Gasteiger charge is 2.29. The number of amides is 1. The Bertz CT molecular complexity index is 1050. The van der Waals surface area contributed by atoms with Crippen molar-refractivity contribution in [1.29, 1.82) is 0 Å². The number of carbonyl (C=O) groups is 1. The molecule has 7 heteroatoms. The van der Waals surface area contributed by atoms with Gasteiger partial charge >= 0.3 is 0 Å². The zero-order valence-corrected chi connectivity index (χ0v) is 16.0. The van der Waals surface area contributed by atoms with Crippen molar-refractivity contribution in [2.45, 2.75) is 19.1 Å². The molecule has 0 N–H and O–H groups in total. The molecule has 1 amide bonds. The average molecular weight is 392 g/mol. The number of benzene rings is 2. The van der Waals surface area contributed by atoms with E-state index in [4.69, 9.17) is 18.6 Å². The van der Waals surface area contributed by atoms with Crippen molar-refractivity contribution >= 4 is 5.91 Å². The summed E-state index contributed by atoms with van der Waals surface area (Å²) in [5, 5.41) is 0. The monoisotopic (exact) mass is 392 g/mol. The number of carbonyl (C=O) groups excluding carboxylic acids is 1. The van der Waals surface area contributed by atoms with Crippen molar-refractivity contribution in [2.24, 2.45) is 0 Å². The van der Waals surface area contributed by atoms with E-state index in [-0.39, 0.29) is 18.8 Å². The normalized spacial score (nSPS) is 15.8. The molecule has 3 heterocycles. The second-order valence-electron chi connectivity index (χ2n) is 6.99. The molecule has 0 spiro atoms. The molecule has 2 aromatic carbocycles. The first kappa shape index (κ1) is 17.8. The maximum Gasteiger partial charge on any atom is 0.254 e. The number of aromatic nitrogens is 1. The van der Waals surface area contributed by atoms with Crippen LogP contribution in [0.2, 0.25) is 0 Å². The summed E-state index contributed by atoms with van der Waals surface area (Å²) >= 11 is 0. The Kier molecular flexibility index (Phi) is 4.44. The SMILES string of the molecule is COC(c1ccccc1)c1nc2c(o1)CCN(C(=O)c1ccc3c(c1)OCO3)C2. The van der Waals surface area contributed by atoms with Crippen LogP contribution in [0.1, 0.15) is 39.4 Å². The molecule has 0 aliphatic carbocycles. The van der Waals surface area contributed by atoms with Gasteiger partial charge in [0.1, 0.15) is 11.5 Å². The Hall–Kier alpha value is -3.32. The molecule has 1 aromatic heterocycles. The van der Waals surface area contributed by atoms with Crippen molar-refractivity contribution in [3.8, 4) is 11.5 Å². The van der Waals surface area contributed by atoms with Crippen LogP contribution in [0, 0.1) is 0 Å². The summed E-state index contributed by atoms with van der Waals surface area (Å²) in [6, 6.07) is 15.1. The van der Waals surface area contributed by atoms with Gasteiger partial charge in [-0.05, 0) is 23.8 Å². The van der Waals surface area contributed by atoms with E-state index in [1.807, 2.05) is 30.3 Å². The summed E-state index contributed by atoms with van der Waals surface area (Å²) in [7, 11) is 1.64. The number of nitrogens with zero attached hydrogens (tertiary/aromatic N) is 2. The van der Waals surface area contributed by atoms with E-state index in [0.29, 0.717) is 42.5 Å². The molecule has 1 atom stereocenters. The molecule has 2 aliphatic rings. The summed E-state index contributed by atoms with van der Waals surface area (Å²) in [4.78, 5) is 19.4. The Morgan fingerprint density at radius 3 is 2.79 bits per heavy atom. The standard InChI is InChI=1S/C22H20N2O5/c1-26-20(14-5-3-2-4-6-14)21-23-16-12-24(10-9-17(16)29-21)22(25)15-7-8-18-19(11-15)28-13-27-18/h2-8,11,20H,9-10,12-13H2,1H3. The Morgan fingerprint density at radius 1 is 1.14 bits per heavy atom. The van der Waals surface area contributed by atoms with Crippen LogP contribution in [0.5, 0.6) is 11.5 Å². The van der Waals surface area contributed by atoms with Crippen molar-refractivity contribution in [2.75, 3.05) is 20.4 Å². The van der Waals surface area contributed by atoms with E-state index in [1.165, 1.54) is 0 Å². The maximum absolute atomic E-state index is 13.0. The van der Waals surface area contributed by atoms with E-state index in [1.54, 1.807) is 30.2 Å². The second kappa shape index (κ2) is 7.25. The smallest absolute Gasteiger partial charge is 0.254 e. The molecule has 2 aliphatic heterocycles. The summed E-state index contributed by atoms with van der Waals surface area (Å²) in [5.74, 6) is 2.52. The van der Waals surface area contributed by atoms with Crippen LogP contribution >= 0.6 is 0 Å². The Balaban J connectivity index is 1.37. The fourth-order valence-corrected chi connectivity index (χ4v) is 3.72. The molecule has 1 unspecified atom stereocenters. The van der Waals surface area contributed by atoms with E-state index >= 15 is 0 Å². The van der Waals surface area contributed by atoms with Crippen molar-refractivity contribution in [3.05, 3.63) is 77.0 Å². The largest absolute Gasteiger partial charge is 0.454 e. The van der Waals surface area contributed by atoms with E-state index in [0.717, 1.165) is 17.0 Å². The molecule has 0 radical (unpaired) electrons. The average Bonchev–Trinajstić information content (AvgIpc) is 3.40. The lowest BCUT2D eigenvalue weighted by molar-refractivity contribution is 0.0726. The van der Waals surface area contributed by atoms with Crippen LogP contribution in [0.3, 0.4) is 0 Å². The van der Waals surface area contributed by atoms with Crippen LogP contribution < -0.4 is 9.47 Å². The molecule has 0 saturated heterocycles. The fourth-order valence-electron chi connectivity index (χ4n) is 3.72. The molecule has 5 rings (SSSR count). The number of rotatable bonds is 4. The first-order chi connectivity index (χ1) is 14.2. The zero-order valence-electron chi connectivity index (χ0n) is 16.0. The number of methoxy groups -OCH3 is 1. The van der Waals surface area contributed by atoms with E-state index in [9.17, 15) is 4.79 Å². The number of hydrogen-bond acceptors (Lipinski definition) is 6. The van der Waals surface area contributed by atoms with Gasteiger partial charge in [0.25, 0.3) is 5.91 Å². The molecular weight excluding hydrogens is 372 g/mol. The summed E-state index contributed by atoms with van der Waals surface area (Å²) in [6.07, 6.45) is 0.240. The molecule has 3 aromatic rings. The third-order valence-corrected chi connectivity index (χ3v) is 5.21. The van der Waals surface area contributed by atoms with Gasteiger partial charge in [-0.1, -0.05) is 30.3 Å². The molecule has 148 valence electrons. The minimum absolute atomic E-state index is 0.0650. The third kappa shape index (κ3) is 3.23. The van der Waals surface area contributed by atoms with Gasteiger partial charge in [-0.15, -0.1) is 0 Å². The van der Waals surface area contributed by atoms with Crippen LogP contribution in [-0.2, 0) is 17.7 Å². The predicted molar refractivity (Wildman–Crippen MR) is 103 cm³/mol. The van der Waals surface area contributed by atoms with E-state index < -0.39 is 0 Å². The van der Waals surface area contributed by atoms with Crippen molar-refractivity contribution in [3.63, 3.8) is 0 Å². The van der Waals surface area contributed by atoms with Crippen molar-refractivity contribution < 1.29 is 23.4 Å². The summed E-state index contributed by atoms with van der Waals surface area (Å²) < 4.78 is 22.3. The quantitative estimate of drug-likeness (QED) is 0.678. The van der Waals surface area contributed by atoms with Gasteiger partial charge < -0.3 is 23.5 Å². The van der Waals surface area contributed by atoms with Crippen LogP contribution in [0.15, 0.2) is 52.9 Å². The van der Waals surface area contributed by atoms with E-state index in [2.05, 4.69) is 4.98 Å². The van der Waals surface area contributed by atoms with Gasteiger partial charge in [0.15, 0.2) is 17.6 Å². The number of ether oxygens (including phenoxy) is 3. The molecule has 0 saturated carbocycles. The lowest BCUT2D eigenvalue weighted by atomic mass is 10.1. The molecule has 7 nitrogen and oxygen atoms in total. The highest BCUT2D eigenvalue weighted by Crippen LogP contribution is 2.34. The topological polar surface area (TPSA) is 74.0 Å². The maximum atomic E-state index is 13.0. The summed E-state index contributed by atoms with van der Waals surface area (Å²) in [5.41, 5.74) is 2.32. The lowest BCUT2D eigenvalue weighted by Gasteiger charge is -2.25. The highest BCUT2D eigenvalue weighted by molar-refractivity contribution is 5.95. The number of oxazole rings is 1. The fraction of sp³-hybridized carbons (Fsp3) is 0.273. The molecule has 0 fully saturated rings. The van der Waals surface area contributed by atoms with Crippen molar-refractivity contribution in [1.82, 2.24) is 9.88 Å². The number of fused-ring (bicyclic) bond motifs is 2. The van der Waals surface area contributed by atoms with Gasteiger partial charge in [0.05, 0.1) is 6.54 Å². The zero-order chi connectivity index (χ0) is 19.8. The van der Waals surface area contributed by atoms with Gasteiger partial charge in [-0.25, -0.2) is 4.98 Å². The van der Waals surface area contributed by atoms with Crippen LogP contribution in [0.4, 0.5) is 0 Å². The number of hydrogen-bond donors (Lipinski definition) is 0. The predicted octanol–water partition coefficient (Wildman–Crippen LogP) is 3.34. The van der Waals surface area contributed by atoms with Gasteiger partial charge in [0, 0.05) is 25.6 Å². The minimum atomic E-state index is -0.375.